The van der Waals surface area contributed by atoms with E-state index >= 15 is 9.59 Å². The number of carbonyl (C=O) groups is 3. The van der Waals surface area contributed by atoms with Gasteiger partial charge in [0.1, 0.15) is 5.78 Å². The number of methoxy groups -OCH3 is 2. The summed E-state index contributed by atoms with van der Waals surface area (Å²) >= 11 is 0. The van der Waals surface area contributed by atoms with Crippen molar-refractivity contribution in [1.29, 1.82) is 0 Å². The van der Waals surface area contributed by atoms with Crippen molar-refractivity contribution in [2.45, 2.75) is 104 Å². The summed E-state index contributed by atoms with van der Waals surface area (Å²) in [6.45, 7) is 6.03. The molecule has 1 unspecified atom stereocenters. The van der Waals surface area contributed by atoms with Gasteiger partial charge in [0.15, 0.2) is 11.2 Å². The summed E-state index contributed by atoms with van der Waals surface area (Å²) in [5.74, 6) is -0.888. The molecule has 0 heterocycles. The molecule has 0 radical (unpaired) electrons. The zero-order valence-corrected chi connectivity index (χ0v) is 42.3. The summed E-state index contributed by atoms with van der Waals surface area (Å²) in [5, 5.41) is 44.8. The molecule has 2 saturated carbocycles. The second kappa shape index (κ2) is 23.6. The minimum Gasteiger partial charge on any atom is -0.492 e. The molecule has 1 atom stereocenters. The molecule has 0 aromatic heterocycles. The first kappa shape index (κ1) is 52.8. The van der Waals surface area contributed by atoms with E-state index in [1.165, 1.54) is 14.0 Å². The van der Waals surface area contributed by atoms with E-state index in [4.69, 9.17) is 29.8 Å². The van der Waals surface area contributed by atoms with Crippen LogP contribution in [0.5, 0.6) is 5.75 Å². The number of Topliss-reactive ketones (excluding diaryl/α,β-unsaturated/α-hetero) is 1. The van der Waals surface area contributed by atoms with Crippen molar-refractivity contribution in [1.82, 2.24) is 10.6 Å². The number of amides is 2. The first-order valence-corrected chi connectivity index (χ1v) is 25.9. The molecule has 16 nitrogen and oxygen atoms in total. The van der Waals surface area contributed by atoms with E-state index in [1.54, 1.807) is 19.2 Å². The lowest BCUT2D eigenvalue weighted by Gasteiger charge is -2.29. The molecule has 388 valence electrons. The van der Waals surface area contributed by atoms with Crippen molar-refractivity contribution in [3.8, 4) is 5.75 Å². The van der Waals surface area contributed by atoms with E-state index in [1.807, 2.05) is 13.0 Å². The molecule has 5 aromatic rings. The summed E-state index contributed by atoms with van der Waals surface area (Å²) in [6, 6.07) is 3.40. The van der Waals surface area contributed by atoms with Gasteiger partial charge < -0.3 is 56.0 Å². The Morgan fingerprint density at radius 1 is 0.694 bits per heavy atom. The molecule has 3 aliphatic rings. The average molecular weight is 993 g/mol. The highest BCUT2D eigenvalue weighted by Gasteiger charge is 2.37. The molecule has 0 bridgehead atoms. The standard InChI is InChI=1S/C56H72N4O12/c1-30-24-39-38(15-10-32-6-11-34(12-7-32)55(67)59-17-21-72-23-22-69-3)52(65)46-40(57)25-36(28-62)43-44-37(29-63)26-41(60-27-33-8-13-35(14-9-33)56(68)58-16-20-71-19-5-18-61)47-49(44)50(45(39)48(43)46)51(42(30)31(2)64)54(70-4)53(47)66/h24-26,32-35,42,60-63H,5-23,27-29,57H2,1-4H3,(H,58,68)(H,59,67). The van der Waals surface area contributed by atoms with Crippen LogP contribution in [-0.4, -0.2) is 106 Å². The highest BCUT2D eigenvalue weighted by atomic mass is 16.5. The Bertz CT molecular complexity index is 2940. The number of ketones is 1. The van der Waals surface area contributed by atoms with Crippen LogP contribution in [0, 0.1) is 23.7 Å². The van der Waals surface area contributed by atoms with Gasteiger partial charge in [0, 0.05) is 85.1 Å². The van der Waals surface area contributed by atoms with Crippen molar-refractivity contribution in [3.05, 3.63) is 66.0 Å². The fourth-order valence-electron chi connectivity index (χ4n) is 12.2. The Hall–Kier alpha value is -5.49. The van der Waals surface area contributed by atoms with Crippen LogP contribution in [0.4, 0.5) is 11.4 Å². The van der Waals surface area contributed by atoms with E-state index in [9.17, 15) is 24.6 Å². The Kier molecular flexibility index (Phi) is 17.3. The fourth-order valence-corrected chi connectivity index (χ4v) is 12.2. The van der Waals surface area contributed by atoms with Gasteiger partial charge in [-0.25, -0.2) is 0 Å². The van der Waals surface area contributed by atoms with Gasteiger partial charge in [-0.3, -0.25) is 24.0 Å². The minimum absolute atomic E-state index is 0.000164. The molecule has 8 rings (SSSR count). The maximum atomic E-state index is 15.3. The van der Waals surface area contributed by atoms with Crippen LogP contribution in [-0.2, 0) is 48.2 Å². The van der Waals surface area contributed by atoms with Crippen molar-refractivity contribution < 1.29 is 48.7 Å². The van der Waals surface area contributed by atoms with E-state index < -0.39 is 24.6 Å². The van der Waals surface area contributed by atoms with Gasteiger partial charge in [-0.1, -0.05) is 11.6 Å². The fraction of sp³-hybridized carbons (Fsp3) is 0.554. The van der Waals surface area contributed by atoms with Gasteiger partial charge in [-0.05, 0) is 147 Å². The van der Waals surface area contributed by atoms with Crippen molar-refractivity contribution >= 4 is 78.1 Å². The lowest BCUT2D eigenvalue weighted by Crippen LogP contribution is -2.36. The monoisotopic (exact) mass is 993 g/mol. The predicted octanol–water partition coefficient (Wildman–Crippen LogP) is 5.81. The number of nitrogen functional groups attached to an aromatic ring is 1. The van der Waals surface area contributed by atoms with Crippen LogP contribution in [0.15, 0.2) is 27.3 Å². The van der Waals surface area contributed by atoms with Gasteiger partial charge in [0.25, 0.3) is 0 Å². The van der Waals surface area contributed by atoms with Crippen LogP contribution < -0.4 is 37.3 Å². The van der Waals surface area contributed by atoms with Crippen molar-refractivity contribution in [3.63, 3.8) is 0 Å². The molecular weight excluding hydrogens is 921 g/mol. The topological polar surface area (TPSA) is 245 Å². The Morgan fingerprint density at radius 2 is 1.29 bits per heavy atom. The van der Waals surface area contributed by atoms with Gasteiger partial charge in [-0.2, -0.15) is 0 Å². The van der Waals surface area contributed by atoms with Gasteiger partial charge in [0.2, 0.25) is 17.2 Å². The number of ether oxygens (including phenoxy) is 4. The number of carbonyl (C=O) groups excluding carboxylic acids is 3. The quantitative estimate of drug-likeness (QED) is 0.0167. The Morgan fingerprint density at radius 3 is 1.88 bits per heavy atom. The summed E-state index contributed by atoms with van der Waals surface area (Å²) in [5.41, 5.74) is 10.0. The maximum absolute atomic E-state index is 15.3. The van der Waals surface area contributed by atoms with Crippen LogP contribution in [0.1, 0.15) is 112 Å². The third-order valence-corrected chi connectivity index (χ3v) is 15.7. The molecule has 2 amide bonds. The molecule has 0 spiro atoms. The first-order valence-electron chi connectivity index (χ1n) is 25.9. The third-order valence-electron chi connectivity index (χ3n) is 15.7. The second-order valence-electron chi connectivity index (χ2n) is 20.2. The SMILES string of the molecule is COCCOCCNC(=O)C1CCC(CCc2c3c4c5c(c(OC)c(=O)c6c(NCC7CCC(C(=O)NCCOCCCO)CC7)cc(CO)c(c7c(CO)cc(N)c(c2=O)c74)c65)C(C(C)=O)C(C)=C3)CC1. The normalized spacial score (nSPS) is 20.1. The number of aliphatic hydroxyl groups is 3. The first-order chi connectivity index (χ1) is 34.9. The molecule has 3 aliphatic carbocycles. The number of hydrogen-bond acceptors (Lipinski definition) is 14. The smallest absolute Gasteiger partial charge is 0.230 e. The van der Waals surface area contributed by atoms with Crippen LogP contribution in [0.2, 0.25) is 0 Å². The molecule has 16 heteroatoms. The number of nitrogens with one attached hydrogen (secondary N) is 3. The lowest BCUT2D eigenvalue weighted by atomic mass is 9.77. The number of nitrogens with two attached hydrogens (primary N) is 1. The Labute approximate surface area is 419 Å². The zero-order valence-electron chi connectivity index (χ0n) is 42.3. The van der Waals surface area contributed by atoms with E-state index in [-0.39, 0.29) is 70.1 Å². The zero-order chi connectivity index (χ0) is 51.2. The van der Waals surface area contributed by atoms with Gasteiger partial charge >= 0.3 is 0 Å². The highest BCUT2D eigenvalue weighted by Crippen LogP contribution is 2.53. The maximum Gasteiger partial charge on any atom is 0.230 e. The summed E-state index contributed by atoms with van der Waals surface area (Å²) < 4.78 is 22.1. The average Bonchev–Trinajstić information content (AvgIpc) is 3.51. The van der Waals surface area contributed by atoms with E-state index in [0.717, 1.165) is 38.5 Å². The van der Waals surface area contributed by atoms with Crippen molar-refractivity contribution in [2.75, 3.05) is 84.5 Å². The summed E-state index contributed by atoms with van der Waals surface area (Å²) in [4.78, 5) is 70.8. The van der Waals surface area contributed by atoms with Crippen molar-refractivity contribution in [2.24, 2.45) is 23.7 Å². The Balaban J connectivity index is 1.19. The predicted molar refractivity (Wildman–Crippen MR) is 280 cm³/mol. The van der Waals surface area contributed by atoms with Crippen LogP contribution in [0.25, 0.3) is 49.2 Å². The van der Waals surface area contributed by atoms with Crippen LogP contribution in [0.3, 0.4) is 0 Å². The molecule has 2 fully saturated rings. The second-order valence-corrected chi connectivity index (χ2v) is 20.2. The lowest BCUT2D eigenvalue weighted by molar-refractivity contribution is -0.127. The molecule has 8 N–H and O–H groups in total. The number of benzene rings is 5. The number of anilines is 2. The number of rotatable bonds is 24. The van der Waals surface area contributed by atoms with Gasteiger partial charge in [0.05, 0.1) is 63.4 Å². The summed E-state index contributed by atoms with van der Waals surface area (Å²) in [6.07, 6.45) is 9.59. The number of hydrogen-bond donors (Lipinski definition) is 7. The number of fused-ring (bicyclic) bond motifs is 1. The van der Waals surface area contributed by atoms with Crippen LogP contribution >= 0.6 is 0 Å². The molecule has 72 heavy (non-hydrogen) atoms. The van der Waals surface area contributed by atoms with Gasteiger partial charge in [-0.15, -0.1) is 0 Å². The van der Waals surface area contributed by atoms with E-state index in [0.29, 0.717) is 162 Å². The summed E-state index contributed by atoms with van der Waals surface area (Å²) in [7, 11) is 3.04. The number of allylic oxidation sites excluding steroid dienone is 1. The molecular formula is C56H72N4O12. The van der Waals surface area contributed by atoms with E-state index in [2.05, 4.69) is 16.0 Å². The number of aliphatic hydroxyl groups excluding tert-OH is 3. The molecule has 0 saturated heterocycles. The molecule has 0 aliphatic heterocycles. The highest BCUT2D eigenvalue weighted by molar-refractivity contribution is 6.39. The minimum atomic E-state index is -0.913. The largest absolute Gasteiger partial charge is 0.492 e. The molecule has 5 aromatic carbocycles. The third kappa shape index (κ3) is 10.4.